The molecule has 0 amide bonds. The highest BCUT2D eigenvalue weighted by Crippen LogP contribution is 2.28. The number of benzene rings is 1. The third kappa shape index (κ3) is 4.06. The Bertz CT molecular complexity index is 647. The van der Waals surface area contributed by atoms with Crippen molar-refractivity contribution in [3.63, 3.8) is 0 Å². The standard InChI is InChI=1S/C18H22FN3O/c19-15-5-3-14(4-6-15)17(23)11-16-2-1-9-22(16)12-13-7-8-21-18(20)10-13/h3-8,10,16-17,23H,1-2,9,11-12H2,(H2,20,21)/t16-,17+/m1/s1. The van der Waals surface area contributed by atoms with Crippen molar-refractivity contribution >= 4 is 5.82 Å². The van der Waals surface area contributed by atoms with Gasteiger partial charge in [0.15, 0.2) is 0 Å². The van der Waals surface area contributed by atoms with Crippen molar-refractivity contribution in [2.24, 2.45) is 0 Å². The molecule has 0 saturated carbocycles. The van der Waals surface area contributed by atoms with E-state index in [0.717, 1.165) is 37.1 Å². The number of rotatable bonds is 5. The van der Waals surface area contributed by atoms with Gasteiger partial charge in [-0.3, -0.25) is 4.90 Å². The van der Waals surface area contributed by atoms with Crippen LogP contribution in [0.25, 0.3) is 0 Å². The van der Waals surface area contributed by atoms with Gasteiger partial charge in [-0.1, -0.05) is 12.1 Å². The molecule has 1 aromatic carbocycles. The second-order valence-corrected chi connectivity index (χ2v) is 6.16. The molecule has 3 rings (SSSR count). The molecule has 5 heteroatoms. The highest BCUT2D eigenvalue weighted by atomic mass is 19.1. The van der Waals surface area contributed by atoms with Crippen molar-refractivity contribution in [3.8, 4) is 0 Å². The van der Waals surface area contributed by atoms with E-state index in [9.17, 15) is 9.50 Å². The van der Waals surface area contributed by atoms with E-state index in [-0.39, 0.29) is 5.82 Å². The lowest BCUT2D eigenvalue weighted by Crippen LogP contribution is -2.30. The van der Waals surface area contributed by atoms with Crippen LogP contribution >= 0.6 is 0 Å². The number of hydrogen-bond donors (Lipinski definition) is 2. The van der Waals surface area contributed by atoms with Crippen molar-refractivity contribution < 1.29 is 9.50 Å². The monoisotopic (exact) mass is 315 g/mol. The van der Waals surface area contributed by atoms with E-state index < -0.39 is 6.10 Å². The molecule has 0 spiro atoms. The van der Waals surface area contributed by atoms with E-state index in [4.69, 9.17) is 5.73 Å². The maximum Gasteiger partial charge on any atom is 0.123 e. The third-order valence-corrected chi connectivity index (χ3v) is 4.48. The summed E-state index contributed by atoms with van der Waals surface area (Å²) in [5, 5.41) is 10.4. The predicted molar refractivity (Wildman–Crippen MR) is 88.1 cm³/mol. The van der Waals surface area contributed by atoms with Crippen LogP contribution in [-0.4, -0.2) is 27.6 Å². The zero-order chi connectivity index (χ0) is 16.2. The lowest BCUT2D eigenvalue weighted by molar-refractivity contribution is 0.118. The van der Waals surface area contributed by atoms with Crippen molar-refractivity contribution in [2.45, 2.75) is 38.0 Å². The van der Waals surface area contributed by atoms with E-state index in [1.165, 1.54) is 12.1 Å². The van der Waals surface area contributed by atoms with Crippen LogP contribution in [0.5, 0.6) is 0 Å². The van der Waals surface area contributed by atoms with Crippen molar-refractivity contribution in [2.75, 3.05) is 12.3 Å². The van der Waals surface area contributed by atoms with Gasteiger partial charge in [-0.05, 0) is 61.2 Å². The molecule has 2 heterocycles. The fourth-order valence-corrected chi connectivity index (χ4v) is 3.28. The summed E-state index contributed by atoms with van der Waals surface area (Å²) in [4.78, 5) is 6.39. The SMILES string of the molecule is Nc1cc(CN2CCC[C@@H]2C[C@H](O)c2ccc(F)cc2)ccn1. The first-order valence-electron chi connectivity index (χ1n) is 8.00. The average molecular weight is 315 g/mol. The number of nitrogens with two attached hydrogens (primary N) is 1. The molecule has 23 heavy (non-hydrogen) atoms. The molecular formula is C18H22FN3O. The van der Waals surface area contributed by atoms with Crippen LogP contribution in [0.1, 0.15) is 36.5 Å². The van der Waals surface area contributed by atoms with Gasteiger partial charge in [0.2, 0.25) is 0 Å². The predicted octanol–water partition coefficient (Wildman–Crippen LogP) is 2.89. The molecule has 3 N–H and O–H groups in total. The molecule has 1 aromatic heterocycles. The summed E-state index contributed by atoms with van der Waals surface area (Å²) in [6.45, 7) is 1.83. The summed E-state index contributed by atoms with van der Waals surface area (Å²) in [7, 11) is 0. The summed E-state index contributed by atoms with van der Waals surface area (Å²) in [5.74, 6) is 0.253. The van der Waals surface area contributed by atoms with Crippen LogP contribution in [0, 0.1) is 5.82 Å². The van der Waals surface area contributed by atoms with E-state index in [1.807, 2.05) is 12.1 Å². The van der Waals surface area contributed by atoms with E-state index in [2.05, 4.69) is 9.88 Å². The summed E-state index contributed by atoms with van der Waals surface area (Å²) in [6.07, 6.45) is 4.01. The molecule has 0 unspecified atom stereocenters. The molecular weight excluding hydrogens is 293 g/mol. The van der Waals surface area contributed by atoms with Gasteiger partial charge in [0.05, 0.1) is 6.10 Å². The Labute approximate surface area is 135 Å². The first-order valence-corrected chi connectivity index (χ1v) is 8.00. The Morgan fingerprint density at radius 2 is 2.09 bits per heavy atom. The lowest BCUT2D eigenvalue weighted by Gasteiger charge is -2.26. The van der Waals surface area contributed by atoms with Gasteiger partial charge < -0.3 is 10.8 Å². The van der Waals surface area contributed by atoms with Gasteiger partial charge in [0, 0.05) is 18.8 Å². The van der Waals surface area contributed by atoms with Crippen LogP contribution in [0.4, 0.5) is 10.2 Å². The number of pyridine rings is 1. The van der Waals surface area contributed by atoms with Crippen LogP contribution in [0.15, 0.2) is 42.6 Å². The molecule has 2 aromatic rings. The van der Waals surface area contributed by atoms with Crippen molar-refractivity contribution in [1.29, 1.82) is 0 Å². The zero-order valence-corrected chi connectivity index (χ0v) is 13.0. The van der Waals surface area contributed by atoms with E-state index >= 15 is 0 Å². The Hall–Kier alpha value is -1.98. The molecule has 0 bridgehead atoms. The van der Waals surface area contributed by atoms with Crippen LogP contribution in [-0.2, 0) is 6.54 Å². The minimum absolute atomic E-state index is 0.279. The van der Waals surface area contributed by atoms with Crippen molar-refractivity contribution in [1.82, 2.24) is 9.88 Å². The fraction of sp³-hybridized carbons (Fsp3) is 0.389. The first-order chi connectivity index (χ1) is 11.1. The summed E-state index contributed by atoms with van der Waals surface area (Å²) >= 11 is 0. The summed E-state index contributed by atoms with van der Waals surface area (Å²) < 4.78 is 13.0. The largest absolute Gasteiger partial charge is 0.388 e. The number of nitrogen functional groups attached to an aromatic ring is 1. The lowest BCUT2D eigenvalue weighted by atomic mass is 10.0. The molecule has 1 saturated heterocycles. The van der Waals surface area contributed by atoms with E-state index in [0.29, 0.717) is 18.3 Å². The van der Waals surface area contributed by atoms with Crippen LogP contribution in [0.2, 0.25) is 0 Å². The second kappa shape index (κ2) is 7.06. The molecule has 1 aliphatic rings. The third-order valence-electron chi connectivity index (χ3n) is 4.48. The zero-order valence-electron chi connectivity index (χ0n) is 13.0. The number of aliphatic hydroxyl groups is 1. The minimum atomic E-state index is -0.566. The van der Waals surface area contributed by atoms with Crippen molar-refractivity contribution in [3.05, 3.63) is 59.5 Å². The van der Waals surface area contributed by atoms with Gasteiger partial charge in [-0.15, -0.1) is 0 Å². The molecule has 1 aliphatic heterocycles. The molecule has 2 atom stereocenters. The first kappa shape index (κ1) is 15.9. The fourth-order valence-electron chi connectivity index (χ4n) is 3.28. The molecule has 0 radical (unpaired) electrons. The van der Waals surface area contributed by atoms with Gasteiger partial charge in [-0.2, -0.15) is 0 Å². The second-order valence-electron chi connectivity index (χ2n) is 6.16. The topological polar surface area (TPSA) is 62.4 Å². The van der Waals surface area contributed by atoms with Crippen LogP contribution in [0.3, 0.4) is 0 Å². The van der Waals surface area contributed by atoms with Gasteiger partial charge in [0.1, 0.15) is 11.6 Å². The number of likely N-dealkylation sites (tertiary alicyclic amines) is 1. The quantitative estimate of drug-likeness (QED) is 0.890. The highest BCUT2D eigenvalue weighted by molar-refractivity contribution is 5.31. The average Bonchev–Trinajstić information content (AvgIpc) is 2.95. The number of nitrogens with zero attached hydrogens (tertiary/aromatic N) is 2. The Balaban J connectivity index is 1.63. The summed E-state index contributed by atoms with van der Waals surface area (Å²) in [5.41, 5.74) is 7.65. The molecule has 0 aliphatic carbocycles. The smallest absolute Gasteiger partial charge is 0.123 e. The molecule has 1 fully saturated rings. The highest BCUT2D eigenvalue weighted by Gasteiger charge is 2.27. The minimum Gasteiger partial charge on any atom is -0.388 e. The van der Waals surface area contributed by atoms with Crippen LogP contribution < -0.4 is 5.73 Å². The van der Waals surface area contributed by atoms with E-state index in [1.54, 1.807) is 18.3 Å². The maximum absolute atomic E-state index is 13.0. The number of aliphatic hydroxyl groups excluding tert-OH is 1. The van der Waals surface area contributed by atoms with Gasteiger partial charge >= 0.3 is 0 Å². The Morgan fingerprint density at radius 3 is 2.83 bits per heavy atom. The Morgan fingerprint density at radius 1 is 1.30 bits per heavy atom. The Kier molecular flexibility index (Phi) is 4.88. The van der Waals surface area contributed by atoms with Gasteiger partial charge in [0.25, 0.3) is 0 Å². The molecule has 122 valence electrons. The maximum atomic E-state index is 13.0. The molecule has 4 nitrogen and oxygen atoms in total. The number of anilines is 1. The number of hydrogen-bond acceptors (Lipinski definition) is 4. The number of aromatic nitrogens is 1. The number of halogens is 1. The summed E-state index contributed by atoms with van der Waals surface area (Å²) in [6, 6.07) is 10.3. The normalized spacial score (nSPS) is 19.8. The van der Waals surface area contributed by atoms with Gasteiger partial charge in [-0.25, -0.2) is 9.37 Å².